The van der Waals surface area contributed by atoms with Crippen LogP contribution < -0.4 is 10.6 Å². The van der Waals surface area contributed by atoms with Gasteiger partial charge in [0.05, 0.1) is 45.7 Å². The highest BCUT2D eigenvalue weighted by atomic mass is 16.5. The van der Waals surface area contributed by atoms with Crippen molar-refractivity contribution in [2.75, 3.05) is 79.7 Å². The summed E-state index contributed by atoms with van der Waals surface area (Å²) in [5.74, 6) is -1.14. The molecule has 0 spiro atoms. The van der Waals surface area contributed by atoms with E-state index in [1.54, 1.807) is 7.11 Å². The summed E-state index contributed by atoms with van der Waals surface area (Å²) in [6.45, 7) is 16.1. The minimum Gasteiger partial charge on any atom is -0.382 e. The van der Waals surface area contributed by atoms with Gasteiger partial charge in [0.2, 0.25) is 23.6 Å². The van der Waals surface area contributed by atoms with Crippen molar-refractivity contribution < 1.29 is 42.9 Å². The van der Waals surface area contributed by atoms with E-state index in [-0.39, 0.29) is 101 Å². The zero-order valence-corrected chi connectivity index (χ0v) is 25.3. The second kappa shape index (κ2) is 26.1. The molecule has 0 bridgehead atoms. The predicted octanol–water partition coefficient (Wildman–Crippen LogP) is 1.40. The minimum absolute atomic E-state index is 0.0981. The third-order valence-electron chi connectivity index (χ3n) is 5.21. The van der Waals surface area contributed by atoms with Gasteiger partial charge in [0.15, 0.2) is 0 Å². The van der Waals surface area contributed by atoms with Crippen LogP contribution >= 0.6 is 0 Å². The molecule has 1 aliphatic heterocycles. The number of imide groups is 1. The summed E-state index contributed by atoms with van der Waals surface area (Å²) < 4.78 is 26.2. The topological polar surface area (TPSA) is 142 Å². The molecule has 230 valence electrons. The molecule has 0 aromatic rings. The van der Waals surface area contributed by atoms with E-state index in [1.807, 2.05) is 48.5 Å². The van der Waals surface area contributed by atoms with Crippen molar-refractivity contribution in [1.82, 2.24) is 15.5 Å². The Balaban J connectivity index is 0. The van der Waals surface area contributed by atoms with Gasteiger partial charge in [-0.15, -0.1) is 0 Å². The van der Waals surface area contributed by atoms with E-state index in [0.717, 1.165) is 0 Å². The summed E-state index contributed by atoms with van der Waals surface area (Å²) in [7, 11) is 1.55. The van der Waals surface area contributed by atoms with Crippen LogP contribution in [0.2, 0.25) is 0 Å². The molecule has 4 amide bonds. The summed E-state index contributed by atoms with van der Waals surface area (Å²) in [5.41, 5.74) is 0. The Morgan fingerprint density at radius 1 is 0.897 bits per heavy atom. The number of hydrogen-bond acceptors (Lipinski definition) is 9. The smallest absolute Gasteiger partial charge is 0.246 e. The number of ether oxygens (including phenoxy) is 5. The highest BCUT2D eigenvalue weighted by Gasteiger charge is 2.39. The molecule has 12 heteroatoms. The van der Waals surface area contributed by atoms with E-state index in [2.05, 4.69) is 10.6 Å². The molecule has 1 saturated heterocycles. The summed E-state index contributed by atoms with van der Waals surface area (Å²) in [6, 6.07) is -0.232. The lowest BCUT2D eigenvalue weighted by molar-refractivity contribution is -0.140. The van der Waals surface area contributed by atoms with E-state index in [1.165, 1.54) is 4.90 Å². The second-order valence-electron chi connectivity index (χ2n) is 8.38. The Labute approximate surface area is 234 Å². The summed E-state index contributed by atoms with van der Waals surface area (Å²) in [6.07, 6.45) is 0.231. The summed E-state index contributed by atoms with van der Waals surface area (Å²) in [5, 5.41) is 5.41. The molecule has 2 atom stereocenters. The number of nitrogens with one attached hydrogen (secondary N) is 2. The molecule has 1 fully saturated rings. The maximum Gasteiger partial charge on any atom is 0.246 e. The van der Waals surface area contributed by atoms with Crippen molar-refractivity contribution in [2.24, 2.45) is 11.8 Å². The van der Waals surface area contributed by atoms with Crippen LogP contribution in [0.4, 0.5) is 0 Å². The number of hydrogen-bond donors (Lipinski definition) is 2. The Morgan fingerprint density at radius 2 is 1.46 bits per heavy atom. The van der Waals surface area contributed by atoms with E-state index >= 15 is 0 Å². The molecule has 0 saturated carbocycles. The highest BCUT2D eigenvalue weighted by Crippen LogP contribution is 2.25. The average molecular weight is 564 g/mol. The molecule has 0 aliphatic carbocycles. The van der Waals surface area contributed by atoms with Crippen molar-refractivity contribution in [3.8, 4) is 0 Å². The fourth-order valence-electron chi connectivity index (χ4n) is 3.35. The van der Waals surface area contributed by atoms with E-state index < -0.39 is 0 Å². The number of methoxy groups -OCH3 is 1. The predicted molar refractivity (Wildman–Crippen MR) is 148 cm³/mol. The van der Waals surface area contributed by atoms with Crippen molar-refractivity contribution in [1.29, 1.82) is 0 Å². The van der Waals surface area contributed by atoms with Crippen LogP contribution in [0.5, 0.6) is 0 Å². The van der Waals surface area contributed by atoms with Gasteiger partial charge in [0.1, 0.15) is 13.2 Å². The molecule has 2 N–H and O–H groups in total. The Morgan fingerprint density at radius 3 is 1.97 bits per heavy atom. The minimum atomic E-state index is -0.338. The molecular weight excluding hydrogens is 510 g/mol. The van der Waals surface area contributed by atoms with Crippen molar-refractivity contribution in [3.63, 3.8) is 0 Å². The van der Waals surface area contributed by atoms with Gasteiger partial charge in [0.25, 0.3) is 0 Å². The monoisotopic (exact) mass is 563 g/mol. The first kappa shape index (κ1) is 39.0. The average Bonchev–Trinajstić information content (AvgIpc) is 3.22. The molecule has 0 radical (unpaired) electrons. The fourth-order valence-corrected chi connectivity index (χ4v) is 3.35. The number of carbonyl (C=O) groups is 4. The molecule has 1 aliphatic rings. The molecule has 1 heterocycles. The fraction of sp³-hybridized carbons (Fsp3) is 0.852. The van der Waals surface area contributed by atoms with Gasteiger partial charge >= 0.3 is 0 Å². The lowest BCUT2D eigenvalue weighted by Crippen LogP contribution is -2.43. The van der Waals surface area contributed by atoms with Gasteiger partial charge in [-0.05, 0) is 12.8 Å². The third kappa shape index (κ3) is 18.7. The normalized spacial score (nSPS) is 15.3. The molecule has 2 unspecified atom stereocenters. The van der Waals surface area contributed by atoms with Gasteiger partial charge in [-0.2, -0.15) is 0 Å². The third-order valence-corrected chi connectivity index (χ3v) is 5.21. The van der Waals surface area contributed by atoms with Crippen molar-refractivity contribution >= 4 is 23.6 Å². The SMILES string of the molecule is CC.CC.CCOCC(COC)NC(=O)COCCOCCOCC(=O)NCCN1C(=O)CC(C(C)C)C1=O. The van der Waals surface area contributed by atoms with Gasteiger partial charge in [-0.3, -0.25) is 24.1 Å². The van der Waals surface area contributed by atoms with Crippen LogP contribution in [-0.4, -0.2) is 114 Å². The van der Waals surface area contributed by atoms with Crippen LogP contribution in [0.25, 0.3) is 0 Å². The Hall–Kier alpha value is -2.12. The van der Waals surface area contributed by atoms with Crippen LogP contribution in [0.3, 0.4) is 0 Å². The zero-order chi connectivity index (χ0) is 30.1. The van der Waals surface area contributed by atoms with Gasteiger partial charge in [0, 0.05) is 39.1 Å². The molecule has 1 rings (SSSR count). The largest absolute Gasteiger partial charge is 0.382 e. The molecule has 12 nitrogen and oxygen atoms in total. The summed E-state index contributed by atoms with van der Waals surface area (Å²) >= 11 is 0. The van der Waals surface area contributed by atoms with Gasteiger partial charge in [-0.1, -0.05) is 41.5 Å². The van der Waals surface area contributed by atoms with E-state index in [9.17, 15) is 19.2 Å². The van der Waals surface area contributed by atoms with E-state index in [4.69, 9.17) is 23.7 Å². The first-order chi connectivity index (χ1) is 18.8. The number of likely N-dealkylation sites (tertiary alicyclic amines) is 1. The molecule has 39 heavy (non-hydrogen) atoms. The van der Waals surface area contributed by atoms with Crippen molar-refractivity contribution in [3.05, 3.63) is 0 Å². The lowest BCUT2D eigenvalue weighted by Gasteiger charge is -2.17. The molecule has 0 aromatic heterocycles. The van der Waals surface area contributed by atoms with Crippen LogP contribution in [0.15, 0.2) is 0 Å². The molecule has 0 aromatic carbocycles. The standard InChI is InChI=1S/C23H41N3O9.2C2H6/c1-5-32-14-18(13-31-4)25-21(28)16-35-11-9-33-8-10-34-15-20(27)24-6-7-26-22(29)12-19(17(2)3)23(26)30;2*1-2/h17-19H,5-16H2,1-4H3,(H,24,27)(H,25,28);2*1-2H3. The number of nitrogens with zero attached hydrogens (tertiary/aromatic N) is 1. The van der Waals surface area contributed by atoms with Crippen molar-refractivity contribution in [2.45, 2.75) is 60.9 Å². The van der Waals surface area contributed by atoms with E-state index in [0.29, 0.717) is 19.8 Å². The van der Waals surface area contributed by atoms with Crippen LogP contribution in [-0.2, 0) is 42.9 Å². The number of amides is 4. The maximum absolute atomic E-state index is 12.2. The molecular formula is C27H53N3O9. The maximum atomic E-state index is 12.2. The first-order valence-corrected chi connectivity index (χ1v) is 14.0. The second-order valence-corrected chi connectivity index (χ2v) is 8.38. The van der Waals surface area contributed by atoms with Crippen LogP contribution in [0, 0.1) is 11.8 Å². The Kier molecular flexibility index (Phi) is 26.1. The van der Waals surface area contributed by atoms with Gasteiger partial charge in [-0.25, -0.2) is 0 Å². The quantitative estimate of drug-likeness (QED) is 0.166. The summed E-state index contributed by atoms with van der Waals surface area (Å²) in [4.78, 5) is 49.1. The zero-order valence-electron chi connectivity index (χ0n) is 25.3. The van der Waals surface area contributed by atoms with Gasteiger partial charge < -0.3 is 34.3 Å². The van der Waals surface area contributed by atoms with Crippen LogP contribution in [0.1, 0.15) is 54.9 Å². The Bertz CT molecular complexity index is 662. The first-order valence-electron chi connectivity index (χ1n) is 14.0. The number of carbonyl (C=O) groups excluding carboxylic acids is 4. The highest BCUT2D eigenvalue weighted by molar-refractivity contribution is 6.03. The lowest BCUT2D eigenvalue weighted by atomic mass is 9.94. The number of rotatable bonds is 20.